The molecule has 0 atom stereocenters. The topological polar surface area (TPSA) is 66.4 Å². The van der Waals surface area contributed by atoms with E-state index in [1.54, 1.807) is 30.3 Å². The minimum absolute atomic E-state index is 0.0519. The number of amides is 1. The van der Waals surface area contributed by atoms with Crippen molar-refractivity contribution in [3.63, 3.8) is 0 Å². The normalized spacial score (nSPS) is 10.1. The summed E-state index contributed by atoms with van der Waals surface area (Å²) in [6.45, 7) is 0. The van der Waals surface area contributed by atoms with Gasteiger partial charge in [-0.2, -0.15) is 0 Å². The smallest absolute Gasteiger partial charge is 0.336 e. The molecule has 2 N–H and O–H groups in total. The van der Waals surface area contributed by atoms with E-state index >= 15 is 0 Å². The third-order valence-corrected chi connectivity index (χ3v) is 3.42. The molecule has 0 spiro atoms. The Kier molecular flexibility index (Phi) is 4.27. The molecule has 0 unspecified atom stereocenters. The molecule has 2 rings (SSSR count). The van der Waals surface area contributed by atoms with E-state index in [4.69, 9.17) is 28.3 Å². The van der Waals surface area contributed by atoms with Crippen LogP contribution in [0.1, 0.15) is 20.7 Å². The Morgan fingerprint density at radius 1 is 0.950 bits per heavy atom. The second kappa shape index (κ2) is 5.94. The van der Waals surface area contributed by atoms with Crippen molar-refractivity contribution < 1.29 is 14.7 Å². The first-order chi connectivity index (χ1) is 9.50. The molecule has 0 bridgehead atoms. The number of carboxylic acid groups (broad SMARTS) is 1. The minimum atomic E-state index is -1.17. The number of carboxylic acids is 1. The summed E-state index contributed by atoms with van der Waals surface area (Å²) in [4.78, 5) is 23.2. The molecule has 0 aliphatic carbocycles. The summed E-state index contributed by atoms with van der Waals surface area (Å²) in [6.07, 6.45) is 0. The van der Waals surface area contributed by atoms with Gasteiger partial charge >= 0.3 is 5.97 Å². The van der Waals surface area contributed by atoms with Crippen molar-refractivity contribution in [1.29, 1.82) is 0 Å². The quantitative estimate of drug-likeness (QED) is 0.902. The molecule has 0 heterocycles. The van der Waals surface area contributed by atoms with Crippen LogP contribution >= 0.6 is 23.2 Å². The third kappa shape index (κ3) is 2.92. The number of carbonyl (C=O) groups is 2. The first-order valence-electron chi connectivity index (χ1n) is 5.58. The molecule has 0 aromatic heterocycles. The maximum atomic E-state index is 12.1. The maximum absolute atomic E-state index is 12.1. The molecule has 2 aromatic rings. The highest BCUT2D eigenvalue weighted by molar-refractivity contribution is 6.44. The zero-order chi connectivity index (χ0) is 14.7. The Balaban J connectivity index is 2.34. The predicted molar refractivity (Wildman–Crippen MR) is 77.8 cm³/mol. The summed E-state index contributed by atoms with van der Waals surface area (Å²) in [5.74, 6) is -1.74. The van der Waals surface area contributed by atoms with Gasteiger partial charge in [0.1, 0.15) is 0 Å². The lowest BCUT2D eigenvalue weighted by molar-refractivity contribution is 0.0692. The van der Waals surface area contributed by atoms with Crippen molar-refractivity contribution in [3.8, 4) is 0 Å². The molecule has 0 fully saturated rings. The van der Waals surface area contributed by atoms with Gasteiger partial charge in [-0.25, -0.2) is 4.79 Å². The van der Waals surface area contributed by atoms with E-state index < -0.39 is 11.9 Å². The fourth-order valence-corrected chi connectivity index (χ4v) is 2.01. The number of anilines is 1. The number of nitrogens with one attached hydrogen (secondary N) is 1. The molecular weight excluding hydrogens is 301 g/mol. The highest BCUT2D eigenvalue weighted by Gasteiger charge is 2.17. The number of rotatable bonds is 3. The van der Waals surface area contributed by atoms with Crippen LogP contribution in [0.2, 0.25) is 10.0 Å². The number of hydrogen-bond donors (Lipinski definition) is 2. The molecule has 102 valence electrons. The van der Waals surface area contributed by atoms with Gasteiger partial charge in [0.2, 0.25) is 0 Å². The molecule has 20 heavy (non-hydrogen) atoms. The van der Waals surface area contributed by atoms with E-state index in [2.05, 4.69) is 5.32 Å². The summed E-state index contributed by atoms with van der Waals surface area (Å²) in [7, 11) is 0. The van der Waals surface area contributed by atoms with Gasteiger partial charge in [0, 0.05) is 0 Å². The summed E-state index contributed by atoms with van der Waals surface area (Å²) in [6, 6.07) is 10.7. The summed E-state index contributed by atoms with van der Waals surface area (Å²) < 4.78 is 0. The van der Waals surface area contributed by atoms with Crippen LogP contribution in [0.25, 0.3) is 0 Å². The number of benzene rings is 2. The molecule has 0 aliphatic heterocycles. The standard InChI is InChI=1S/C14H9Cl2NO3/c15-10-6-3-7-11(12(10)16)17-13(18)8-4-1-2-5-9(8)14(19)20/h1-7H,(H,17,18)(H,19,20). The lowest BCUT2D eigenvalue weighted by Crippen LogP contribution is -2.16. The van der Waals surface area contributed by atoms with E-state index in [1.807, 2.05) is 0 Å². The van der Waals surface area contributed by atoms with E-state index in [1.165, 1.54) is 12.1 Å². The second-order valence-electron chi connectivity index (χ2n) is 3.91. The first kappa shape index (κ1) is 14.4. The van der Waals surface area contributed by atoms with Crippen LogP contribution in [-0.2, 0) is 0 Å². The summed E-state index contributed by atoms with van der Waals surface area (Å²) >= 11 is 11.8. The minimum Gasteiger partial charge on any atom is -0.478 e. The number of aromatic carboxylic acids is 1. The van der Waals surface area contributed by atoms with Gasteiger partial charge in [0.15, 0.2) is 0 Å². The lowest BCUT2D eigenvalue weighted by Gasteiger charge is -2.09. The lowest BCUT2D eigenvalue weighted by atomic mass is 10.1. The average molecular weight is 310 g/mol. The van der Waals surface area contributed by atoms with Crippen molar-refractivity contribution in [2.45, 2.75) is 0 Å². The maximum Gasteiger partial charge on any atom is 0.336 e. The number of carbonyl (C=O) groups excluding carboxylic acids is 1. The summed E-state index contributed by atoms with van der Waals surface area (Å²) in [5.41, 5.74) is 0.295. The Hall–Kier alpha value is -2.04. The molecular formula is C14H9Cl2NO3. The number of hydrogen-bond acceptors (Lipinski definition) is 2. The van der Waals surface area contributed by atoms with Crippen molar-refractivity contribution in [2.75, 3.05) is 5.32 Å². The van der Waals surface area contributed by atoms with E-state index in [-0.39, 0.29) is 16.1 Å². The Labute approximate surface area is 124 Å². The molecule has 0 radical (unpaired) electrons. The zero-order valence-corrected chi connectivity index (χ0v) is 11.6. The highest BCUT2D eigenvalue weighted by Crippen LogP contribution is 2.30. The van der Waals surface area contributed by atoms with Gasteiger partial charge in [-0.05, 0) is 24.3 Å². The SMILES string of the molecule is O=C(O)c1ccccc1C(=O)Nc1cccc(Cl)c1Cl. The van der Waals surface area contributed by atoms with Gasteiger partial charge in [0.05, 0.1) is 26.9 Å². The van der Waals surface area contributed by atoms with Crippen molar-refractivity contribution >= 4 is 40.8 Å². The monoisotopic (exact) mass is 309 g/mol. The highest BCUT2D eigenvalue weighted by atomic mass is 35.5. The average Bonchev–Trinajstić information content (AvgIpc) is 2.43. The summed E-state index contributed by atoms with van der Waals surface area (Å²) in [5, 5.41) is 12.1. The van der Waals surface area contributed by atoms with Crippen LogP contribution in [0.5, 0.6) is 0 Å². The van der Waals surface area contributed by atoms with Gasteiger partial charge in [-0.3, -0.25) is 4.79 Å². The van der Waals surface area contributed by atoms with Crippen LogP contribution in [0.4, 0.5) is 5.69 Å². The van der Waals surface area contributed by atoms with Gasteiger partial charge in [-0.1, -0.05) is 41.4 Å². The predicted octanol–water partition coefficient (Wildman–Crippen LogP) is 3.94. The first-order valence-corrected chi connectivity index (χ1v) is 6.34. The third-order valence-electron chi connectivity index (χ3n) is 2.60. The molecule has 0 saturated heterocycles. The molecule has 1 amide bonds. The fourth-order valence-electron chi connectivity index (χ4n) is 1.66. The Morgan fingerprint density at radius 2 is 1.60 bits per heavy atom. The molecule has 4 nitrogen and oxygen atoms in total. The van der Waals surface area contributed by atoms with Crippen LogP contribution in [-0.4, -0.2) is 17.0 Å². The van der Waals surface area contributed by atoms with Gasteiger partial charge in [0.25, 0.3) is 5.91 Å². The van der Waals surface area contributed by atoms with Gasteiger partial charge in [-0.15, -0.1) is 0 Å². The second-order valence-corrected chi connectivity index (χ2v) is 4.69. The van der Waals surface area contributed by atoms with Crippen LogP contribution in [0, 0.1) is 0 Å². The Bertz CT molecular complexity index is 686. The van der Waals surface area contributed by atoms with Crippen molar-refractivity contribution in [2.24, 2.45) is 0 Å². The zero-order valence-electron chi connectivity index (χ0n) is 10.1. The van der Waals surface area contributed by atoms with Crippen LogP contribution in [0.3, 0.4) is 0 Å². The number of halogens is 2. The van der Waals surface area contributed by atoms with E-state index in [0.29, 0.717) is 10.7 Å². The molecule has 0 saturated carbocycles. The molecule has 2 aromatic carbocycles. The van der Waals surface area contributed by atoms with E-state index in [9.17, 15) is 9.59 Å². The van der Waals surface area contributed by atoms with Crippen molar-refractivity contribution in [3.05, 3.63) is 63.6 Å². The van der Waals surface area contributed by atoms with Gasteiger partial charge < -0.3 is 10.4 Å². The van der Waals surface area contributed by atoms with Crippen LogP contribution in [0.15, 0.2) is 42.5 Å². The Morgan fingerprint density at radius 3 is 2.25 bits per heavy atom. The largest absolute Gasteiger partial charge is 0.478 e. The molecule has 6 heteroatoms. The van der Waals surface area contributed by atoms with Crippen LogP contribution < -0.4 is 5.32 Å². The van der Waals surface area contributed by atoms with E-state index in [0.717, 1.165) is 0 Å². The van der Waals surface area contributed by atoms with Crippen molar-refractivity contribution in [1.82, 2.24) is 0 Å². The fraction of sp³-hybridized carbons (Fsp3) is 0. The molecule has 0 aliphatic rings.